The molecule has 0 saturated carbocycles. The van der Waals surface area contributed by atoms with Crippen LogP contribution in [0.1, 0.15) is 0 Å². The van der Waals surface area contributed by atoms with Crippen molar-refractivity contribution in [3.05, 3.63) is 23.0 Å². The number of hydrogen-bond donors (Lipinski definition) is 2. The van der Waals surface area contributed by atoms with Crippen LogP contribution in [0.15, 0.2) is 12.1 Å². The molecule has 0 aliphatic carbocycles. The Hall–Kier alpha value is -1.05. The van der Waals surface area contributed by atoms with Crippen LogP contribution in [0.25, 0.3) is 0 Å². The number of anilines is 1. The van der Waals surface area contributed by atoms with Gasteiger partial charge in [-0.05, 0) is 6.07 Å². The molecule has 0 saturated heterocycles. The predicted molar refractivity (Wildman–Crippen MR) is 62.4 cm³/mol. The Bertz CT molecular complexity index is 506. The normalized spacial score (nSPS) is 11.5. The van der Waals surface area contributed by atoms with Crippen LogP contribution in [-0.2, 0) is 14.8 Å². The molecule has 96 valence electrons. The van der Waals surface area contributed by atoms with Crippen LogP contribution in [0.3, 0.4) is 0 Å². The van der Waals surface area contributed by atoms with Crippen LogP contribution in [0, 0.1) is 5.82 Å². The molecule has 0 aliphatic heterocycles. The predicted octanol–water partition coefficient (Wildman–Crippen LogP) is 1.57. The van der Waals surface area contributed by atoms with Crippen LogP contribution >= 0.6 is 11.6 Å². The van der Waals surface area contributed by atoms with Crippen molar-refractivity contribution < 1.29 is 22.7 Å². The van der Waals surface area contributed by atoms with Gasteiger partial charge in [0.1, 0.15) is 11.6 Å². The fraction of sp³-hybridized carbons (Fsp3) is 0.333. The third-order valence-electron chi connectivity index (χ3n) is 1.86. The quantitative estimate of drug-likeness (QED) is 0.805. The number of benzene rings is 1. The summed E-state index contributed by atoms with van der Waals surface area (Å²) in [6.07, 6.45) is 0. The minimum absolute atomic E-state index is 0.00498. The van der Waals surface area contributed by atoms with Gasteiger partial charge in [-0.3, -0.25) is 4.72 Å². The molecular formula is C9H11ClFNO4S. The van der Waals surface area contributed by atoms with Gasteiger partial charge < -0.3 is 9.84 Å². The number of sulfonamides is 1. The highest BCUT2D eigenvalue weighted by Gasteiger charge is 2.14. The van der Waals surface area contributed by atoms with Crippen molar-refractivity contribution in [2.24, 2.45) is 0 Å². The van der Waals surface area contributed by atoms with Crippen molar-refractivity contribution in [1.29, 1.82) is 0 Å². The van der Waals surface area contributed by atoms with E-state index in [1.165, 1.54) is 7.11 Å². The molecule has 5 nitrogen and oxygen atoms in total. The first kappa shape index (κ1) is 14.0. The van der Waals surface area contributed by atoms with Crippen LogP contribution in [0.2, 0.25) is 5.02 Å². The number of hydrogen-bond acceptors (Lipinski definition) is 4. The minimum atomic E-state index is -3.66. The minimum Gasteiger partial charge on any atom is -0.506 e. The van der Waals surface area contributed by atoms with E-state index in [4.69, 9.17) is 11.6 Å². The summed E-state index contributed by atoms with van der Waals surface area (Å²) in [6, 6.07) is 1.73. The number of rotatable bonds is 5. The average molecular weight is 284 g/mol. The highest BCUT2D eigenvalue weighted by Crippen LogP contribution is 2.30. The van der Waals surface area contributed by atoms with Crippen LogP contribution < -0.4 is 4.72 Å². The average Bonchev–Trinajstić information content (AvgIpc) is 2.23. The van der Waals surface area contributed by atoms with Crippen LogP contribution in [0.5, 0.6) is 5.75 Å². The Morgan fingerprint density at radius 1 is 1.53 bits per heavy atom. The van der Waals surface area contributed by atoms with E-state index in [1.54, 1.807) is 0 Å². The van der Waals surface area contributed by atoms with Crippen molar-refractivity contribution in [3.63, 3.8) is 0 Å². The SMILES string of the molecule is COCCS(=O)(=O)Nc1cc(Cl)c(F)cc1O. The second kappa shape index (κ2) is 5.52. The van der Waals surface area contributed by atoms with Gasteiger partial charge in [0.15, 0.2) is 0 Å². The van der Waals surface area contributed by atoms with Crippen LogP contribution in [0.4, 0.5) is 10.1 Å². The van der Waals surface area contributed by atoms with Gasteiger partial charge in [-0.1, -0.05) is 11.6 Å². The molecule has 1 aromatic rings. The first-order valence-electron chi connectivity index (χ1n) is 4.53. The zero-order valence-corrected chi connectivity index (χ0v) is 10.5. The molecule has 17 heavy (non-hydrogen) atoms. The molecule has 0 aromatic heterocycles. The Balaban J connectivity index is 2.92. The number of phenols is 1. The highest BCUT2D eigenvalue weighted by atomic mass is 35.5. The van der Waals surface area contributed by atoms with Gasteiger partial charge in [0.2, 0.25) is 10.0 Å². The molecule has 1 aromatic carbocycles. The maximum Gasteiger partial charge on any atom is 0.235 e. The van der Waals surface area contributed by atoms with Crippen molar-refractivity contribution in [1.82, 2.24) is 0 Å². The number of halogens is 2. The molecule has 0 spiro atoms. The summed E-state index contributed by atoms with van der Waals surface area (Å²) in [4.78, 5) is 0. The maximum absolute atomic E-state index is 12.9. The molecule has 0 radical (unpaired) electrons. The van der Waals surface area contributed by atoms with Crippen LogP contribution in [-0.4, -0.2) is 33.0 Å². The smallest absolute Gasteiger partial charge is 0.235 e. The number of methoxy groups -OCH3 is 1. The maximum atomic E-state index is 12.9. The second-order valence-corrected chi connectivity index (χ2v) is 5.45. The zero-order valence-electron chi connectivity index (χ0n) is 8.91. The van der Waals surface area contributed by atoms with E-state index in [1.807, 2.05) is 0 Å². The summed E-state index contributed by atoms with van der Waals surface area (Å²) in [5, 5.41) is 9.06. The fourth-order valence-electron chi connectivity index (χ4n) is 1.03. The largest absolute Gasteiger partial charge is 0.506 e. The van der Waals surface area contributed by atoms with E-state index < -0.39 is 21.6 Å². The molecule has 0 atom stereocenters. The first-order chi connectivity index (χ1) is 7.85. The molecular weight excluding hydrogens is 273 g/mol. The van der Waals surface area contributed by atoms with Crippen molar-refractivity contribution in [2.45, 2.75) is 0 Å². The second-order valence-electron chi connectivity index (χ2n) is 3.20. The van der Waals surface area contributed by atoms with Gasteiger partial charge in [-0.25, -0.2) is 12.8 Å². The number of ether oxygens (including phenoxy) is 1. The van der Waals surface area contributed by atoms with E-state index >= 15 is 0 Å². The summed E-state index contributed by atoms with van der Waals surface area (Å²) in [5.41, 5.74) is -0.174. The molecule has 0 unspecified atom stereocenters. The molecule has 1 rings (SSSR count). The number of aromatic hydroxyl groups is 1. The summed E-state index contributed by atoms with van der Waals surface area (Å²) in [7, 11) is -2.30. The molecule has 0 bridgehead atoms. The summed E-state index contributed by atoms with van der Waals surface area (Å²) >= 11 is 5.47. The molecule has 2 N–H and O–H groups in total. The van der Waals surface area contributed by atoms with Gasteiger partial charge in [0.25, 0.3) is 0 Å². The highest BCUT2D eigenvalue weighted by molar-refractivity contribution is 7.92. The monoisotopic (exact) mass is 283 g/mol. The topological polar surface area (TPSA) is 75.6 Å². The van der Waals surface area contributed by atoms with E-state index in [-0.39, 0.29) is 23.1 Å². The first-order valence-corrected chi connectivity index (χ1v) is 6.56. The Morgan fingerprint density at radius 2 is 2.18 bits per heavy atom. The van der Waals surface area contributed by atoms with E-state index in [2.05, 4.69) is 9.46 Å². The Morgan fingerprint density at radius 3 is 2.76 bits per heavy atom. The standard InChI is InChI=1S/C9H11ClFNO4S/c1-16-2-3-17(14,15)12-8-4-6(10)7(11)5-9(8)13/h4-5,12-13H,2-3H2,1H3. The van der Waals surface area contributed by atoms with Crippen molar-refractivity contribution in [2.75, 3.05) is 24.2 Å². The van der Waals surface area contributed by atoms with Crippen molar-refractivity contribution >= 4 is 27.3 Å². The Labute approximate surface area is 103 Å². The lowest BCUT2D eigenvalue weighted by Crippen LogP contribution is -2.19. The fourth-order valence-corrected chi connectivity index (χ4v) is 2.18. The number of phenolic OH excluding ortho intramolecular Hbond substituents is 1. The Kier molecular flexibility index (Phi) is 4.55. The molecule has 8 heteroatoms. The molecule has 0 heterocycles. The lowest BCUT2D eigenvalue weighted by Gasteiger charge is -2.09. The van der Waals surface area contributed by atoms with Gasteiger partial charge in [0.05, 0.1) is 23.1 Å². The van der Waals surface area contributed by atoms with Gasteiger partial charge in [0, 0.05) is 13.2 Å². The lowest BCUT2D eigenvalue weighted by atomic mass is 10.3. The van der Waals surface area contributed by atoms with E-state index in [0.29, 0.717) is 0 Å². The third kappa shape index (κ3) is 4.03. The zero-order chi connectivity index (χ0) is 13.1. The van der Waals surface area contributed by atoms with E-state index in [9.17, 15) is 17.9 Å². The van der Waals surface area contributed by atoms with Gasteiger partial charge >= 0.3 is 0 Å². The summed E-state index contributed by atoms with van der Waals surface area (Å²) < 4.78 is 42.5. The lowest BCUT2D eigenvalue weighted by molar-refractivity contribution is 0.217. The third-order valence-corrected chi connectivity index (χ3v) is 3.38. The van der Waals surface area contributed by atoms with Gasteiger partial charge in [-0.15, -0.1) is 0 Å². The van der Waals surface area contributed by atoms with Gasteiger partial charge in [-0.2, -0.15) is 0 Å². The molecule has 0 amide bonds. The van der Waals surface area contributed by atoms with Crippen molar-refractivity contribution in [3.8, 4) is 5.75 Å². The summed E-state index contributed by atoms with van der Waals surface area (Å²) in [6.45, 7) is 0.00498. The molecule has 0 fully saturated rings. The van der Waals surface area contributed by atoms with E-state index in [0.717, 1.165) is 12.1 Å². The number of nitrogens with one attached hydrogen (secondary N) is 1. The molecule has 0 aliphatic rings. The summed E-state index contributed by atoms with van der Waals surface area (Å²) in [5.74, 6) is -1.64.